The smallest absolute Gasteiger partial charge is 0.172 e. The van der Waals surface area contributed by atoms with Gasteiger partial charge >= 0.3 is 0 Å². The molecule has 7 heteroatoms. The fourth-order valence-corrected chi connectivity index (χ4v) is 3.34. The second kappa shape index (κ2) is 7.51. The Balaban J connectivity index is 1.56. The number of nitrogens with zero attached hydrogens (tertiary/aromatic N) is 2. The van der Waals surface area contributed by atoms with Gasteiger partial charge in [-0.05, 0) is 42.8 Å². The molecule has 1 aliphatic rings. The van der Waals surface area contributed by atoms with Crippen LogP contribution in [0.2, 0.25) is 10.0 Å². The van der Waals surface area contributed by atoms with Crippen molar-refractivity contribution in [2.75, 3.05) is 5.32 Å². The largest absolute Gasteiger partial charge is 0.360 e. The minimum Gasteiger partial charge on any atom is -0.360 e. The minimum absolute atomic E-state index is 0.494. The predicted molar refractivity (Wildman–Crippen MR) is 99.4 cm³/mol. The first-order valence-corrected chi connectivity index (χ1v) is 8.81. The maximum Gasteiger partial charge on any atom is 0.172 e. The Labute approximate surface area is 151 Å². The Bertz CT molecular complexity index is 695. The average Bonchev–Trinajstić information content (AvgIpc) is 3.15. The van der Waals surface area contributed by atoms with Crippen LogP contribution in [0.25, 0.3) is 0 Å². The molecule has 1 fully saturated rings. The molecule has 122 valence electrons. The summed E-state index contributed by atoms with van der Waals surface area (Å²) < 4.78 is 1.83. The van der Waals surface area contributed by atoms with Gasteiger partial charge in [-0.1, -0.05) is 42.1 Å². The van der Waals surface area contributed by atoms with Gasteiger partial charge in [0.2, 0.25) is 0 Å². The first-order valence-electron chi connectivity index (χ1n) is 7.65. The van der Waals surface area contributed by atoms with Crippen LogP contribution in [0.5, 0.6) is 0 Å². The molecule has 1 heterocycles. The van der Waals surface area contributed by atoms with E-state index in [1.165, 1.54) is 25.7 Å². The average molecular weight is 369 g/mol. The van der Waals surface area contributed by atoms with E-state index in [1.807, 2.05) is 29.1 Å². The van der Waals surface area contributed by atoms with Gasteiger partial charge in [0.05, 0.1) is 16.6 Å². The zero-order valence-corrected chi connectivity index (χ0v) is 14.9. The van der Waals surface area contributed by atoms with Crippen LogP contribution in [0.1, 0.15) is 31.2 Å². The number of anilines is 1. The lowest BCUT2D eigenvalue weighted by atomic mass is 10.2. The number of nitrogens with one attached hydrogen (secondary N) is 2. The molecule has 4 nitrogen and oxygen atoms in total. The maximum atomic E-state index is 6.04. The van der Waals surface area contributed by atoms with Gasteiger partial charge in [0, 0.05) is 18.3 Å². The Hall–Kier alpha value is -1.30. The van der Waals surface area contributed by atoms with Crippen molar-refractivity contribution in [1.29, 1.82) is 0 Å². The van der Waals surface area contributed by atoms with Gasteiger partial charge in [-0.3, -0.25) is 4.68 Å². The molecule has 0 saturated heterocycles. The molecule has 2 aromatic rings. The van der Waals surface area contributed by atoms with Crippen LogP contribution in [0.3, 0.4) is 0 Å². The quantitative estimate of drug-likeness (QED) is 0.781. The summed E-state index contributed by atoms with van der Waals surface area (Å²) in [5.74, 6) is 0.737. The van der Waals surface area contributed by atoms with E-state index < -0.39 is 0 Å². The van der Waals surface area contributed by atoms with Gasteiger partial charge in [-0.25, -0.2) is 0 Å². The first kappa shape index (κ1) is 16.6. The molecule has 0 atom stereocenters. The second-order valence-corrected chi connectivity index (χ2v) is 6.95. The number of thiocarbonyl (C=S) groups is 1. The van der Waals surface area contributed by atoms with Crippen molar-refractivity contribution in [1.82, 2.24) is 15.1 Å². The van der Waals surface area contributed by atoms with E-state index in [9.17, 15) is 0 Å². The van der Waals surface area contributed by atoms with Gasteiger partial charge in [0.15, 0.2) is 10.9 Å². The number of hydrogen-bond acceptors (Lipinski definition) is 2. The molecule has 1 aromatic carbocycles. The number of halogens is 2. The van der Waals surface area contributed by atoms with Gasteiger partial charge in [-0.15, -0.1) is 0 Å². The van der Waals surface area contributed by atoms with Crippen LogP contribution in [0.15, 0.2) is 30.5 Å². The van der Waals surface area contributed by atoms with Crippen molar-refractivity contribution in [3.8, 4) is 0 Å². The number of rotatable bonds is 4. The highest BCUT2D eigenvalue weighted by Gasteiger charge is 2.15. The van der Waals surface area contributed by atoms with E-state index in [1.54, 1.807) is 6.07 Å². The highest BCUT2D eigenvalue weighted by molar-refractivity contribution is 7.80. The molecule has 0 aliphatic heterocycles. The number of hydrogen-bond donors (Lipinski definition) is 2. The fraction of sp³-hybridized carbons (Fsp3) is 0.375. The molecular weight excluding hydrogens is 351 g/mol. The van der Waals surface area contributed by atoms with E-state index in [4.69, 9.17) is 35.4 Å². The molecule has 0 bridgehead atoms. The van der Waals surface area contributed by atoms with Crippen molar-refractivity contribution in [3.05, 3.63) is 46.1 Å². The Kier molecular flexibility index (Phi) is 5.41. The normalized spacial score (nSPS) is 14.9. The van der Waals surface area contributed by atoms with Crippen LogP contribution in [0.4, 0.5) is 5.82 Å². The van der Waals surface area contributed by atoms with Crippen molar-refractivity contribution < 1.29 is 0 Å². The summed E-state index contributed by atoms with van der Waals surface area (Å²) >= 11 is 17.3. The monoisotopic (exact) mass is 368 g/mol. The zero-order chi connectivity index (χ0) is 16.2. The highest BCUT2D eigenvalue weighted by Crippen LogP contribution is 2.23. The number of aromatic nitrogens is 2. The summed E-state index contributed by atoms with van der Waals surface area (Å²) in [7, 11) is 0. The van der Waals surface area contributed by atoms with E-state index in [2.05, 4.69) is 15.7 Å². The lowest BCUT2D eigenvalue weighted by Gasteiger charge is -2.14. The van der Waals surface area contributed by atoms with Gasteiger partial charge < -0.3 is 10.6 Å². The lowest BCUT2D eigenvalue weighted by Crippen LogP contribution is -2.36. The molecule has 1 aliphatic carbocycles. The summed E-state index contributed by atoms with van der Waals surface area (Å²) in [5.41, 5.74) is 1.04. The first-order chi connectivity index (χ1) is 11.1. The summed E-state index contributed by atoms with van der Waals surface area (Å²) in [6.45, 7) is 0.626. The second-order valence-electron chi connectivity index (χ2n) is 5.73. The Morgan fingerprint density at radius 3 is 2.74 bits per heavy atom. The fourth-order valence-electron chi connectivity index (χ4n) is 2.75. The molecule has 0 radical (unpaired) electrons. The van der Waals surface area contributed by atoms with Crippen molar-refractivity contribution in [2.24, 2.45) is 0 Å². The van der Waals surface area contributed by atoms with Gasteiger partial charge in [0.1, 0.15) is 0 Å². The third-order valence-electron chi connectivity index (χ3n) is 3.90. The van der Waals surface area contributed by atoms with Crippen LogP contribution < -0.4 is 10.6 Å². The standard InChI is InChI=1S/C16H18Cl2N4S/c17-13-6-5-11(9-14(13)18)10-22-8-7-15(21-22)20-16(23)19-12-3-1-2-4-12/h5-9,12H,1-4,10H2,(H2,19,20,21,23). The van der Waals surface area contributed by atoms with E-state index >= 15 is 0 Å². The molecule has 23 heavy (non-hydrogen) atoms. The van der Waals surface area contributed by atoms with Crippen LogP contribution in [-0.2, 0) is 6.54 Å². The predicted octanol–water partition coefficient (Wildman–Crippen LogP) is 4.47. The number of benzene rings is 1. The molecule has 3 rings (SSSR count). The molecule has 0 spiro atoms. The molecule has 1 saturated carbocycles. The van der Waals surface area contributed by atoms with Crippen LogP contribution in [0, 0.1) is 0 Å². The maximum absolute atomic E-state index is 6.04. The molecular formula is C16H18Cl2N4S. The third kappa shape index (κ3) is 4.59. The molecule has 2 N–H and O–H groups in total. The summed E-state index contributed by atoms with van der Waals surface area (Å²) in [6, 6.07) is 7.98. The Morgan fingerprint density at radius 1 is 1.22 bits per heavy atom. The summed E-state index contributed by atoms with van der Waals surface area (Å²) in [4.78, 5) is 0. The van der Waals surface area contributed by atoms with Crippen LogP contribution >= 0.6 is 35.4 Å². The minimum atomic E-state index is 0.494. The third-order valence-corrected chi connectivity index (χ3v) is 4.86. The zero-order valence-electron chi connectivity index (χ0n) is 12.6. The van der Waals surface area contributed by atoms with E-state index in [0.717, 1.165) is 11.4 Å². The summed E-state index contributed by atoms with van der Waals surface area (Å²) in [5, 5.41) is 12.7. The highest BCUT2D eigenvalue weighted by atomic mass is 35.5. The van der Waals surface area contributed by atoms with Crippen molar-refractivity contribution in [2.45, 2.75) is 38.3 Å². The lowest BCUT2D eigenvalue weighted by molar-refractivity contribution is 0.634. The Morgan fingerprint density at radius 2 is 2.00 bits per heavy atom. The molecule has 1 aromatic heterocycles. The summed E-state index contributed by atoms with van der Waals surface area (Å²) in [6.07, 6.45) is 6.83. The SMILES string of the molecule is S=C(Nc1ccn(Cc2ccc(Cl)c(Cl)c2)n1)NC1CCCC1. The molecule has 0 amide bonds. The van der Waals surface area contributed by atoms with Crippen molar-refractivity contribution >= 4 is 46.4 Å². The van der Waals surface area contributed by atoms with Crippen molar-refractivity contribution in [3.63, 3.8) is 0 Å². The van der Waals surface area contributed by atoms with Crippen LogP contribution in [-0.4, -0.2) is 20.9 Å². The van der Waals surface area contributed by atoms with Gasteiger partial charge in [-0.2, -0.15) is 5.10 Å². The molecule has 0 unspecified atom stereocenters. The van der Waals surface area contributed by atoms with E-state index in [-0.39, 0.29) is 0 Å². The van der Waals surface area contributed by atoms with Gasteiger partial charge in [0.25, 0.3) is 0 Å². The van der Waals surface area contributed by atoms with E-state index in [0.29, 0.717) is 27.7 Å². The topological polar surface area (TPSA) is 41.9 Å².